The smallest absolute Gasteiger partial charge is 0.230 e. The van der Waals surface area contributed by atoms with Gasteiger partial charge in [0.05, 0.1) is 12.0 Å². The Labute approximate surface area is 107 Å². The SMILES string of the molecule is CCOc1ccc(OCC(C)(C)C(=O)Cl)cc1. The average Bonchev–Trinajstić information content (AvgIpc) is 2.28. The Bertz CT molecular complexity index is 371. The molecule has 0 saturated heterocycles. The molecule has 0 saturated carbocycles. The van der Waals surface area contributed by atoms with Gasteiger partial charge in [-0.15, -0.1) is 0 Å². The fraction of sp³-hybridized carbons (Fsp3) is 0.462. The minimum Gasteiger partial charge on any atom is -0.494 e. The van der Waals surface area contributed by atoms with Crippen molar-refractivity contribution in [1.82, 2.24) is 0 Å². The van der Waals surface area contributed by atoms with E-state index in [0.717, 1.165) is 5.75 Å². The van der Waals surface area contributed by atoms with Crippen molar-refractivity contribution in [1.29, 1.82) is 0 Å². The standard InChI is InChI=1S/C13H17ClO3/c1-4-16-10-5-7-11(8-6-10)17-9-13(2,3)12(14)15/h5-8H,4,9H2,1-3H3. The van der Waals surface area contributed by atoms with Crippen LogP contribution in [0.3, 0.4) is 0 Å². The average molecular weight is 257 g/mol. The zero-order valence-electron chi connectivity index (χ0n) is 10.3. The van der Waals surface area contributed by atoms with E-state index < -0.39 is 10.7 Å². The third kappa shape index (κ3) is 4.27. The molecule has 0 aliphatic carbocycles. The number of benzene rings is 1. The third-order valence-corrected chi connectivity index (χ3v) is 2.78. The van der Waals surface area contributed by atoms with Crippen molar-refractivity contribution >= 4 is 16.8 Å². The zero-order valence-corrected chi connectivity index (χ0v) is 11.1. The first kappa shape index (κ1) is 13.8. The van der Waals surface area contributed by atoms with E-state index in [9.17, 15) is 4.79 Å². The highest BCUT2D eigenvalue weighted by Crippen LogP contribution is 2.23. The van der Waals surface area contributed by atoms with Crippen molar-refractivity contribution in [2.45, 2.75) is 20.8 Å². The van der Waals surface area contributed by atoms with Crippen molar-refractivity contribution in [3.05, 3.63) is 24.3 Å². The normalized spacial score (nSPS) is 11.1. The van der Waals surface area contributed by atoms with E-state index in [1.807, 2.05) is 19.1 Å². The number of halogens is 1. The molecule has 0 aliphatic rings. The van der Waals surface area contributed by atoms with Crippen molar-refractivity contribution in [3.8, 4) is 11.5 Å². The Balaban J connectivity index is 2.55. The predicted molar refractivity (Wildman–Crippen MR) is 67.7 cm³/mol. The molecule has 0 aliphatic heterocycles. The van der Waals surface area contributed by atoms with Crippen LogP contribution in [0.4, 0.5) is 0 Å². The summed E-state index contributed by atoms with van der Waals surface area (Å²) in [7, 11) is 0. The minimum atomic E-state index is -0.680. The van der Waals surface area contributed by atoms with E-state index in [-0.39, 0.29) is 6.61 Å². The highest BCUT2D eigenvalue weighted by Gasteiger charge is 2.26. The molecular weight excluding hydrogens is 240 g/mol. The van der Waals surface area contributed by atoms with Gasteiger partial charge in [0.15, 0.2) is 0 Å². The molecule has 0 N–H and O–H groups in total. The van der Waals surface area contributed by atoms with Crippen LogP contribution in [0.1, 0.15) is 20.8 Å². The van der Waals surface area contributed by atoms with Crippen molar-refractivity contribution < 1.29 is 14.3 Å². The number of carbonyl (C=O) groups excluding carboxylic acids is 1. The topological polar surface area (TPSA) is 35.5 Å². The Morgan fingerprint density at radius 1 is 1.18 bits per heavy atom. The van der Waals surface area contributed by atoms with Gasteiger partial charge in [0.25, 0.3) is 0 Å². The maximum Gasteiger partial charge on any atom is 0.230 e. The minimum absolute atomic E-state index is 0.253. The maximum atomic E-state index is 11.1. The molecule has 94 valence electrons. The van der Waals surface area contributed by atoms with E-state index in [0.29, 0.717) is 12.4 Å². The fourth-order valence-corrected chi connectivity index (χ4v) is 1.17. The first-order valence-electron chi connectivity index (χ1n) is 5.51. The lowest BCUT2D eigenvalue weighted by atomic mass is 9.97. The largest absolute Gasteiger partial charge is 0.494 e. The molecule has 0 radical (unpaired) electrons. The van der Waals surface area contributed by atoms with Crippen molar-refractivity contribution in [2.75, 3.05) is 13.2 Å². The van der Waals surface area contributed by atoms with Crippen LogP contribution >= 0.6 is 11.6 Å². The lowest BCUT2D eigenvalue weighted by molar-refractivity contribution is -0.120. The second-order valence-electron chi connectivity index (χ2n) is 4.35. The van der Waals surface area contributed by atoms with E-state index in [2.05, 4.69) is 0 Å². The number of ether oxygens (including phenoxy) is 2. The summed E-state index contributed by atoms with van der Waals surface area (Å²) in [6.07, 6.45) is 0. The van der Waals surface area contributed by atoms with Gasteiger partial charge in [0.2, 0.25) is 5.24 Å². The maximum absolute atomic E-state index is 11.1. The van der Waals surface area contributed by atoms with Gasteiger partial charge in [-0.2, -0.15) is 0 Å². The lowest BCUT2D eigenvalue weighted by Gasteiger charge is -2.19. The summed E-state index contributed by atoms with van der Waals surface area (Å²) < 4.78 is 10.8. The van der Waals surface area contributed by atoms with Crippen LogP contribution in [-0.4, -0.2) is 18.5 Å². The molecule has 0 aromatic heterocycles. The van der Waals surface area contributed by atoms with Crippen molar-refractivity contribution in [3.63, 3.8) is 0 Å². The van der Waals surface area contributed by atoms with Crippen LogP contribution in [0.15, 0.2) is 24.3 Å². The third-order valence-electron chi connectivity index (χ3n) is 2.27. The van der Waals surface area contributed by atoms with Gasteiger partial charge in [-0.1, -0.05) is 0 Å². The number of rotatable bonds is 6. The summed E-state index contributed by atoms with van der Waals surface area (Å²) in [6, 6.07) is 7.27. The van der Waals surface area contributed by atoms with Gasteiger partial charge in [-0.3, -0.25) is 4.79 Å². The molecule has 4 heteroatoms. The molecule has 0 atom stereocenters. The molecule has 0 bridgehead atoms. The summed E-state index contributed by atoms with van der Waals surface area (Å²) >= 11 is 5.46. The van der Waals surface area contributed by atoms with Gasteiger partial charge in [-0.25, -0.2) is 0 Å². The second-order valence-corrected chi connectivity index (χ2v) is 4.69. The quantitative estimate of drug-likeness (QED) is 0.733. The second kappa shape index (κ2) is 5.92. The lowest BCUT2D eigenvalue weighted by Crippen LogP contribution is -2.27. The Kier molecular flexibility index (Phi) is 4.82. The highest BCUT2D eigenvalue weighted by molar-refractivity contribution is 6.64. The van der Waals surface area contributed by atoms with Gasteiger partial charge in [-0.05, 0) is 56.6 Å². The fourth-order valence-electron chi connectivity index (χ4n) is 1.12. The molecule has 17 heavy (non-hydrogen) atoms. The van der Waals surface area contributed by atoms with Crippen LogP contribution in [-0.2, 0) is 4.79 Å². The first-order valence-corrected chi connectivity index (χ1v) is 5.89. The molecule has 3 nitrogen and oxygen atoms in total. The predicted octanol–water partition coefficient (Wildman–Crippen LogP) is 3.26. The molecule has 0 fully saturated rings. The summed E-state index contributed by atoms with van der Waals surface area (Å²) in [5.41, 5.74) is -0.680. The summed E-state index contributed by atoms with van der Waals surface area (Å²) in [4.78, 5) is 11.1. The van der Waals surface area contributed by atoms with E-state index in [4.69, 9.17) is 21.1 Å². The van der Waals surface area contributed by atoms with Crippen molar-refractivity contribution in [2.24, 2.45) is 5.41 Å². The number of carbonyl (C=O) groups is 1. The number of hydrogen-bond donors (Lipinski definition) is 0. The van der Waals surface area contributed by atoms with Gasteiger partial charge < -0.3 is 9.47 Å². The summed E-state index contributed by atoms with van der Waals surface area (Å²) in [5, 5.41) is -0.400. The van der Waals surface area contributed by atoms with Crippen LogP contribution in [0, 0.1) is 5.41 Å². The Morgan fingerprint density at radius 3 is 2.06 bits per heavy atom. The van der Waals surface area contributed by atoms with Crippen LogP contribution < -0.4 is 9.47 Å². The Morgan fingerprint density at radius 2 is 1.65 bits per heavy atom. The zero-order chi connectivity index (χ0) is 12.9. The van der Waals surface area contributed by atoms with Gasteiger partial charge in [0, 0.05) is 0 Å². The number of hydrogen-bond acceptors (Lipinski definition) is 3. The molecule has 1 rings (SSSR count). The Hall–Kier alpha value is -1.22. The molecule has 1 aromatic rings. The molecular formula is C13H17ClO3. The summed E-state index contributed by atoms with van der Waals surface area (Å²) in [6.45, 7) is 6.31. The molecule has 0 amide bonds. The highest BCUT2D eigenvalue weighted by atomic mass is 35.5. The molecule has 0 spiro atoms. The van der Waals surface area contributed by atoms with Crippen LogP contribution in [0.25, 0.3) is 0 Å². The molecule has 1 aromatic carbocycles. The van der Waals surface area contributed by atoms with Crippen LogP contribution in [0.2, 0.25) is 0 Å². The first-order chi connectivity index (χ1) is 7.95. The van der Waals surface area contributed by atoms with Gasteiger partial charge in [0.1, 0.15) is 18.1 Å². The van der Waals surface area contributed by atoms with E-state index in [1.54, 1.807) is 26.0 Å². The summed E-state index contributed by atoms with van der Waals surface area (Å²) in [5.74, 6) is 1.49. The van der Waals surface area contributed by atoms with E-state index in [1.165, 1.54) is 0 Å². The van der Waals surface area contributed by atoms with Gasteiger partial charge >= 0.3 is 0 Å². The molecule has 0 heterocycles. The van der Waals surface area contributed by atoms with Crippen LogP contribution in [0.5, 0.6) is 11.5 Å². The monoisotopic (exact) mass is 256 g/mol. The van der Waals surface area contributed by atoms with E-state index >= 15 is 0 Å². The molecule has 0 unspecified atom stereocenters.